The summed E-state index contributed by atoms with van der Waals surface area (Å²) in [6.45, 7) is -0.349. The molecule has 1 aromatic rings. The number of aliphatic hydroxyl groups is 2. The van der Waals surface area contributed by atoms with E-state index >= 15 is 0 Å². The first-order valence-electron chi connectivity index (χ1n) is 5.18. The van der Waals surface area contributed by atoms with Crippen LogP contribution in [0.3, 0.4) is 0 Å². The number of hydrogen-bond acceptors (Lipinski definition) is 3. The Labute approximate surface area is 109 Å². The third-order valence-electron chi connectivity index (χ3n) is 3.39. The van der Waals surface area contributed by atoms with Gasteiger partial charge in [0, 0.05) is 20.4 Å². The van der Waals surface area contributed by atoms with Gasteiger partial charge in [-0.05, 0) is 12.3 Å². The normalized spacial score (nSPS) is 19.1. The van der Waals surface area contributed by atoms with Gasteiger partial charge in [0.05, 0.1) is 18.8 Å². The summed E-state index contributed by atoms with van der Waals surface area (Å²) < 4.78 is 0. The molecule has 0 heterocycles. The first-order chi connectivity index (χ1) is 7.19. The molecular formula is C12H16NO2Re-. The van der Waals surface area contributed by atoms with Crippen LogP contribution in [-0.4, -0.2) is 29.0 Å². The molecule has 0 aliphatic heterocycles. The van der Waals surface area contributed by atoms with E-state index in [2.05, 4.69) is 6.07 Å². The smallest absolute Gasteiger partial charge is 0.0647 e. The van der Waals surface area contributed by atoms with Crippen LogP contribution in [0.15, 0.2) is 18.2 Å². The van der Waals surface area contributed by atoms with E-state index < -0.39 is 5.54 Å². The van der Waals surface area contributed by atoms with Gasteiger partial charge in [-0.3, -0.25) is 0 Å². The van der Waals surface area contributed by atoms with Crippen LogP contribution < -0.4 is 5.73 Å². The Morgan fingerprint density at radius 2 is 1.94 bits per heavy atom. The fraction of sp³-hybridized carbons (Fsp3) is 0.500. The molecule has 4 N–H and O–H groups in total. The van der Waals surface area contributed by atoms with Crippen LogP contribution in [0.5, 0.6) is 0 Å². The number of benzene rings is 1. The Hall–Kier alpha value is -0.238. The molecule has 2 rings (SSSR count). The van der Waals surface area contributed by atoms with E-state index in [1.54, 1.807) is 0 Å². The summed E-state index contributed by atoms with van der Waals surface area (Å²) in [5.74, 6) is 0.123. The first-order valence-corrected chi connectivity index (χ1v) is 5.18. The van der Waals surface area contributed by atoms with Crippen molar-refractivity contribution in [2.75, 3.05) is 13.2 Å². The van der Waals surface area contributed by atoms with Crippen LogP contribution in [0.25, 0.3) is 0 Å². The molecule has 0 amide bonds. The molecule has 3 nitrogen and oxygen atoms in total. The van der Waals surface area contributed by atoms with Crippen molar-refractivity contribution in [2.45, 2.75) is 18.4 Å². The van der Waals surface area contributed by atoms with Crippen molar-refractivity contribution in [2.24, 2.45) is 11.7 Å². The molecule has 16 heavy (non-hydrogen) atoms. The molecule has 0 saturated carbocycles. The van der Waals surface area contributed by atoms with Crippen molar-refractivity contribution < 1.29 is 30.6 Å². The van der Waals surface area contributed by atoms with E-state index in [4.69, 9.17) is 5.73 Å². The predicted octanol–water partition coefficient (Wildman–Crippen LogP) is -0.119. The van der Waals surface area contributed by atoms with Gasteiger partial charge in [-0.1, -0.05) is 6.42 Å². The van der Waals surface area contributed by atoms with Crippen molar-refractivity contribution in [1.29, 1.82) is 0 Å². The van der Waals surface area contributed by atoms with Crippen molar-refractivity contribution >= 4 is 0 Å². The van der Waals surface area contributed by atoms with Gasteiger partial charge in [0.15, 0.2) is 0 Å². The summed E-state index contributed by atoms with van der Waals surface area (Å²) in [6, 6.07) is 8.92. The van der Waals surface area contributed by atoms with Crippen LogP contribution in [0.1, 0.15) is 11.1 Å². The van der Waals surface area contributed by atoms with Crippen molar-refractivity contribution in [1.82, 2.24) is 0 Å². The molecule has 1 unspecified atom stereocenters. The van der Waals surface area contributed by atoms with Gasteiger partial charge in [0.1, 0.15) is 0 Å². The molecule has 1 aliphatic carbocycles. The quantitative estimate of drug-likeness (QED) is 0.629. The number of hydrogen-bond donors (Lipinski definition) is 3. The average Bonchev–Trinajstić information content (AvgIpc) is 2.72. The molecule has 0 aromatic heterocycles. The molecule has 89 valence electrons. The Morgan fingerprint density at radius 3 is 2.50 bits per heavy atom. The summed E-state index contributed by atoms with van der Waals surface area (Å²) in [6.07, 6.45) is 1.66. The Balaban J connectivity index is 0.00000128. The summed E-state index contributed by atoms with van der Waals surface area (Å²) in [7, 11) is 0. The van der Waals surface area contributed by atoms with E-state index in [1.807, 2.05) is 18.2 Å². The van der Waals surface area contributed by atoms with E-state index in [9.17, 15) is 10.2 Å². The number of fused-ring (bicyclic) bond motifs is 1. The minimum absolute atomic E-state index is 0. The van der Waals surface area contributed by atoms with Gasteiger partial charge in [-0.15, -0.1) is 0 Å². The van der Waals surface area contributed by atoms with Gasteiger partial charge in [0.25, 0.3) is 0 Å². The third kappa shape index (κ3) is 2.37. The number of rotatable bonds is 3. The van der Waals surface area contributed by atoms with E-state index in [-0.39, 0.29) is 39.6 Å². The number of aliphatic hydroxyl groups excluding tert-OH is 2. The summed E-state index contributed by atoms with van der Waals surface area (Å²) in [4.78, 5) is 0. The van der Waals surface area contributed by atoms with Crippen molar-refractivity contribution in [3.8, 4) is 0 Å². The molecule has 0 bridgehead atoms. The van der Waals surface area contributed by atoms with Crippen LogP contribution in [0, 0.1) is 12.0 Å². The molecule has 1 atom stereocenters. The zero-order valence-electron chi connectivity index (χ0n) is 8.99. The Bertz CT molecular complexity index is 328. The molecule has 0 spiro atoms. The zero-order valence-corrected chi connectivity index (χ0v) is 11.7. The maximum Gasteiger partial charge on any atom is 0.0647 e. The van der Waals surface area contributed by atoms with Crippen molar-refractivity contribution in [3.05, 3.63) is 35.4 Å². The second-order valence-corrected chi connectivity index (χ2v) is 4.35. The minimum Gasteiger partial charge on any atom is -0.394 e. The molecule has 0 fully saturated rings. The minimum atomic E-state index is -0.862. The van der Waals surface area contributed by atoms with Gasteiger partial charge in [-0.25, -0.2) is 0 Å². The molecule has 1 aromatic carbocycles. The fourth-order valence-electron chi connectivity index (χ4n) is 2.20. The summed E-state index contributed by atoms with van der Waals surface area (Å²) in [5.41, 5.74) is 7.60. The molecular weight excluding hydrogens is 376 g/mol. The SMILES string of the molecule is NC(CO)(CO)C1Cc2c[c-]ccc2C1.[Re]. The van der Waals surface area contributed by atoms with Crippen LogP contribution in [0.4, 0.5) is 0 Å². The predicted molar refractivity (Wildman–Crippen MR) is 57.3 cm³/mol. The van der Waals surface area contributed by atoms with Crippen LogP contribution in [-0.2, 0) is 33.3 Å². The van der Waals surface area contributed by atoms with Crippen LogP contribution in [0.2, 0.25) is 0 Å². The van der Waals surface area contributed by atoms with Crippen molar-refractivity contribution in [3.63, 3.8) is 0 Å². The molecule has 0 saturated heterocycles. The molecule has 1 radical (unpaired) electrons. The van der Waals surface area contributed by atoms with Gasteiger partial charge in [-0.2, -0.15) is 35.4 Å². The van der Waals surface area contributed by atoms with E-state index in [0.29, 0.717) is 0 Å². The van der Waals surface area contributed by atoms with E-state index in [0.717, 1.165) is 12.8 Å². The third-order valence-corrected chi connectivity index (χ3v) is 3.39. The second kappa shape index (κ2) is 5.40. The van der Waals surface area contributed by atoms with Gasteiger partial charge < -0.3 is 15.9 Å². The van der Waals surface area contributed by atoms with Gasteiger partial charge in [0.2, 0.25) is 0 Å². The van der Waals surface area contributed by atoms with E-state index in [1.165, 1.54) is 11.1 Å². The number of nitrogens with two attached hydrogens (primary N) is 1. The zero-order chi connectivity index (χ0) is 10.9. The first kappa shape index (κ1) is 13.8. The van der Waals surface area contributed by atoms with Crippen LogP contribution >= 0.6 is 0 Å². The summed E-state index contributed by atoms with van der Waals surface area (Å²) in [5, 5.41) is 18.5. The topological polar surface area (TPSA) is 66.5 Å². The second-order valence-electron chi connectivity index (χ2n) is 4.35. The summed E-state index contributed by atoms with van der Waals surface area (Å²) >= 11 is 0. The molecule has 4 heteroatoms. The van der Waals surface area contributed by atoms with Gasteiger partial charge >= 0.3 is 0 Å². The standard InChI is InChI=1S/C12H16NO2.Re/c13-12(7-14,8-15)11-5-9-3-1-2-4-10(9)6-11;/h1,3-4,11,14-15H,5-8,13H2;/q-1;. The average molecular weight is 392 g/mol. The largest absolute Gasteiger partial charge is 0.394 e. The fourth-order valence-corrected chi connectivity index (χ4v) is 2.20. The molecule has 1 aliphatic rings. The Morgan fingerprint density at radius 1 is 1.31 bits per heavy atom. The maximum absolute atomic E-state index is 9.23. The monoisotopic (exact) mass is 393 g/mol. The maximum atomic E-state index is 9.23. The Kier molecular flexibility index (Phi) is 4.66.